The lowest BCUT2D eigenvalue weighted by atomic mass is 10.0. The van der Waals surface area contributed by atoms with Crippen LogP contribution in [0.1, 0.15) is 21.5 Å². The van der Waals surface area contributed by atoms with Crippen molar-refractivity contribution in [1.82, 2.24) is 0 Å². The minimum absolute atomic E-state index is 0.00569. The van der Waals surface area contributed by atoms with E-state index in [0.29, 0.717) is 22.6 Å². The molecule has 6 heteroatoms. The SMILES string of the molecule is COc1cc(C)c(C(=O)C=Cc2ccc([N+](=O)[O-])cc2)c(OC)c1. The molecule has 0 aliphatic rings. The number of hydrogen-bond donors (Lipinski definition) is 0. The van der Waals surface area contributed by atoms with Crippen LogP contribution in [-0.4, -0.2) is 24.9 Å². The zero-order chi connectivity index (χ0) is 17.7. The summed E-state index contributed by atoms with van der Waals surface area (Å²) in [6, 6.07) is 9.36. The molecule has 0 spiro atoms. The molecule has 124 valence electrons. The largest absolute Gasteiger partial charge is 0.497 e. The summed E-state index contributed by atoms with van der Waals surface area (Å²) in [4.78, 5) is 22.6. The molecule has 0 saturated carbocycles. The minimum atomic E-state index is -0.468. The van der Waals surface area contributed by atoms with Crippen LogP contribution in [0.4, 0.5) is 5.69 Å². The van der Waals surface area contributed by atoms with Gasteiger partial charge in [0.1, 0.15) is 11.5 Å². The van der Waals surface area contributed by atoms with Crippen molar-refractivity contribution in [3.05, 3.63) is 69.3 Å². The first-order valence-corrected chi connectivity index (χ1v) is 7.15. The van der Waals surface area contributed by atoms with Crippen LogP contribution in [0.5, 0.6) is 11.5 Å². The van der Waals surface area contributed by atoms with Crippen molar-refractivity contribution >= 4 is 17.5 Å². The Morgan fingerprint density at radius 3 is 2.33 bits per heavy atom. The first-order chi connectivity index (χ1) is 11.5. The number of non-ortho nitro benzene ring substituents is 1. The molecule has 0 radical (unpaired) electrons. The van der Waals surface area contributed by atoms with Gasteiger partial charge in [-0.2, -0.15) is 0 Å². The predicted molar refractivity (Wildman–Crippen MR) is 90.7 cm³/mol. The summed E-state index contributed by atoms with van der Waals surface area (Å²) in [6.45, 7) is 1.80. The van der Waals surface area contributed by atoms with Gasteiger partial charge in [-0.05, 0) is 42.3 Å². The summed E-state index contributed by atoms with van der Waals surface area (Å²) >= 11 is 0. The maximum absolute atomic E-state index is 12.5. The van der Waals surface area contributed by atoms with Gasteiger partial charge in [-0.25, -0.2) is 0 Å². The third-order valence-electron chi connectivity index (χ3n) is 3.51. The van der Waals surface area contributed by atoms with Gasteiger partial charge in [0.05, 0.1) is 24.7 Å². The molecule has 0 amide bonds. The summed E-state index contributed by atoms with van der Waals surface area (Å²) in [5.74, 6) is 0.829. The van der Waals surface area contributed by atoms with Crippen molar-refractivity contribution in [2.45, 2.75) is 6.92 Å². The Bertz CT molecular complexity index is 794. The molecule has 0 bridgehead atoms. The molecule has 2 aromatic carbocycles. The number of benzene rings is 2. The van der Waals surface area contributed by atoms with E-state index in [-0.39, 0.29) is 11.5 Å². The van der Waals surface area contributed by atoms with Gasteiger partial charge in [0.2, 0.25) is 0 Å². The summed E-state index contributed by atoms with van der Waals surface area (Å²) in [7, 11) is 3.04. The Morgan fingerprint density at radius 2 is 1.79 bits per heavy atom. The van der Waals surface area contributed by atoms with Crippen LogP contribution in [0.2, 0.25) is 0 Å². The molecule has 6 nitrogen and oxygen atoms in total. The van der Waals surface area contributed by atoms with Crippen LogP contribution >= 0.6 is 0 Å². The summed E-state index contributed by atoms with van der Waals surface area (Å²) in [5.41, 5.74) is 1.89. The second kappa shape index (κ2) is 7.41. The molecular formula is C18H17NO5. The van der Waals surface area contributed by atoms with Gasteiger partial charge in [0.25, 0.3) is 5.69 Å². The number of methoxy groups -OCH3 is 2. The van der Waals surface area contributed by atoms with E-state index in [1.54, 1.807) is 44.4 Å². The Labute approximate surface area is 139 Å². The number of carbonyl (C=O) groups is 1. The molecule has 24 heavy (non-hydrogen) atoms. The zero-order valence-corrected chi connectivity index (χ0v) is 13.6. The molecular weight excluding hydrogens is 310 g/mol. The number of aryl methyl sites for hydroxylation is 1. The van der Waals surface area contributed by atoms with Crippen LogP contribution in [0.15, 0.2) is 42.5 Å². The monoisotopic (exact) mass is 327 g/mol. The van der Waals surface area contributed by atoms with Gasteiger partial charge in [-0.15, -0.1) is 0 Å². The highest BCUT2D eigenvalue weighted by Crippen LogP contribution is 2.29. The molecule has 0 heterocycles. The number of allylic oxidation sites excluding steroid dienone is 1. The minimum Gasteiger partial charge on any atom is -0.497 e. The summed E-state index contributed by atoms with van der Waals surface area (Å²) < 4.78 is 10.4. The highest BCUT2D eigenvalue weighted by molar-refractivity contribution is 6.09. The molecule has 0 fully saturated rings. The van der Waals surface area contributed by atoms with Crippen molar-refractivity contribution in [1.29, 1.82) is 0 Å². The van der Waals surface area contributed by atoms with E-state index in [1.807, 2.05) is 0 Å². The van der Waals surface area contributed by atoms with Crippen molar-refractivity contribution in [3.63, 3.8) is 0 Å². The van der Waals surface area contributed by atoms with Crippen molar-refractivity contribution in [3.8, 4) is 11.5 Å². The number of ether oxygens (including phenoxy) is 2. The molecule has 0 unspecified atom stereocenters. The fourth-order valence-corrected chi connectivity index (χ4v) is 2.28. The normalized spacial score (nSPS) is 10.6. The molecule has 0 N–H and O–H groups in total. The third-order valence-corrected chi connectivity index (χ3v) is 3.51. The van der Waals surface area contributed by atoms with Gasteiger partial charge in [0.15, 0.2) is 5.78 Å². The fourth-order valence-electron chi connectivity index (χ4n) is 2.28. The van der Waals surface area contributed by atoms with Crippen LogP contribution in [-0.2, 0) is 0 Å². The number of nitrogens with zero attached hydrogens (tertiary/aromatic N) is 1. The van der Waals surface area contributed by atoms with Gasteiger partial charge >= 0.3 is 0 Å². The Kier molecular flexibility index (Phi) is 5.31. The van der Waals surface area contributed by atoms with Crippen molar-refractivity contribution < 1.29 is 19.2 Å². The van der Waals surface area contributed by atoms with E-state index >= 15 is 0 Å². The number of rotatable bonds is 6. The molecule has 2 aromatic rings. The van der Waals surface area contributed by atoms with Crippen molar-refractivity contribution in [2.24, 2.45) is 0 Å². The Balaban J connectivity index is 2.27. The lowest BCUT2D eigenvalue weighted by Crippen LogP contribution is -2.03. The van der Waals surface area contributed by atoms with E-state index in [9.17, 15) is 14.9 Å². The summed E-state index contributed by atoms with van der Waals surface area (Å²) in [6.07, 6.45) is 3.02. The fraction of sp³-hybridized carbons (Fsp3) is 0.167. The van der Waals surface area contributed by atoms with E-state index in [1.165, 1.54) is 25.3 Å². The highest BCUT2D eigenvalue weighted by atomic mass is 16.6. The zero-order valence-electron chi connectivity index (χ0n) is 13.6. The first-order valence-electron chi connectivity index (χ1n) is 7.15. The number of ketones is 1. The van der Waals surface area contributed by atoms with Gasteiger partial charge in [0, 0.05) is 18.2 Å². The van der Waals surface area contributed by atoms with E-state index in [0.717, 1.165) is 5.56 Å². The molecule has 0 atom stereocenters. The standard InChI is InChI=1S/C18H17NO5/c1-12-10-15(23-2)11-17(24-3)18(12)16(20)9-6-13-4-7-14(8-5-13)19(21)22/h4-11H,1-3H3. The number of hydrogen-bond acceptors (Lipinski definition) is 5. The van der Waals surface area contributed by atoms with E-state index in [2.05, 4.69) is 0 Å². The second-order valence-electron chi connectivity index (χ2n) is 5.07. The molecule has 0 aliphatic heterocycles. The number of nitro groups is 1. The average Bonchev–Trinajstić information content (AvgIpc) is 2.59. The lowest BCUT2D eigenvalue weighted by Gasteiger charge is -2.11. The molecule has 0 aliphatic carbocycles. The van der Waals surface area contributed by atoms with Gasteiger partial charge in [-0.1, -0.05) is 6.08 Å². The topological polar surface area (TPSA) is 78.7 Å². The second-order valence-corrected chi connectivity index (χ2v) is 5.07. The number of nitro benzene ring substituents is 1. The van der Waals surface area contributed by atoms with E-state index < -0.39 is 4.92 Å². The van der Waals surface area contributed by atoms with Crippen molar-refractivity contribution in [2.75, 3.05) is 14.2 Å². The number of carbonyl (C=O) groups excluding carboxylic acids is 1. The average molecular weight is 327 g/mol. The smallest absolute Gasteiger partial charge is 0.269 e. The molecule has 0 aromatic heterocycles. The Hall–Kier alpha value is -3.15. The maximum atomic E-state index is 12.5. The van der Waals surface area contributed by atoms with Crippen LogP contribution in [0, 0.1) is 17.0 Å². The van der Waals surface area contributed by atoms with Crippen LogP contribution in [0.3, 0.4) is 0 Å². The first kappa shape index (κ1) is 17.2. The lowest BCUT2D eigenvalue weighted by molar-refractivity contribution is -0.384. The highest BCUT2D eigenvalue weighted by Gasteiger charge is 2.15. The maximum Gasteiger partial charge on any atom is 0.269 e. The van der Waals surface area contributed by atoms with Gasteiger partial charge < -0.3 is 9.47 Å². The van der Waals surface area contributed by atoms with Crippen LogP contribution in [0.25, 0.3) is 6.08 Å². The predicted octanol–water partition coefficient (Wildman–Crippen LogP) is 3.82. The molecule has 2 rings (SSSR count). The summed E-state index contributed by atoms with van der Waals surface area (Å²) in [5, 5.41) is 10.6. The Morgan fingerprint density at radius 1 is 1.12 bits per heavy atom. The quantitative estimate of drug-likeness (QED) is 0.349. The van der Waals surface area contributed by atoms with Crippen LogP contribution < -0.4 is 9.47 Å². The van der Waals surface area contributed by atoms with Gasteiger partial charge in [-0.3, -0.25) is 14.9 Å². The van der Waals surface area contributed by atoms with E-state index in [4.69, 9.17) is 9.47 Å². The molecule has 0 saturated heterocycles. The third kappa shape index (κ3) is 3.78.